The number of hydrogen-bond donors (Lipinski definition) is 2. The molecule has 0 aliphatic rings. The van der Waals surface area contributed by atoms with Gasteiger partial charge in [0, 0.05) is 30.9 Å². The summed E-state index contributed by atoms with van der Waals surface area (Å²) in [6.45, 7) is 7.25. The molecular weight excluding hydrogens is 242 g/mol. The summed E-state index contributed by atoms with van der Waals surface area (Å²) in [6.07, 6.45) is 0. The first kappa shape index (κ1) is 15.0. The normalized spacial score (nSPS) is 10.8. The van der Waals surface area contributed by atoms with Gasteiger partial charge in [0.1, 0.15) is 0 Å². The Morgan fingerprint density at radius 2 is 1.63 bits per heavy atom. The Hall–Kier alpha value is -2.04. The zero-order valence-corrected chi connectivity index (χ0v) is 12.1. The molecule has 0 heterocycles. The zero-order chi connectivity index (χ0) is 14.6. The first-order valence-electron chi connectivity index (χ1n) is 6.12. The van der Waals surface area contributed by atoms with Crippen molar-refractivity contribution < 1.29 is 9.59 Å². The topological polar surface area (TPSA) is 61.4 Å². The molecule has 19 heavy (non-hydrogen) atoms. The van der Waals surface area contributed by atoms with Gasteiger partial charge in [0.25, 0.3) is 0 Å². The van der Waals surface area contributed by atoms with E-state index < -0.39 is 0 Å². The standard InChI is InChI=1S/C14H21N3O2/c1-10(18)17(5)12-8-6-11(7-9-12)15-13(19)16-14(2,3)4/h6-9H,1-5H3,(H2,15,16,19). The number of urea groups is 1. The number of nitrogens with zero attached hydrogens (tertiary/aromatic N) is 1. The maximum atomic E-state index is 11.7. The van der Waals surface area contributed by atoms with E-state index in [1.54, 1.807) is 36.2 Å². The van der Waals surface area contributed by atoms with Crippen LogP contribution in [0.15, 0.2) is 24.3 Å². The number of hydrogen-bond acceptors (Lipinski definition) is 2. The maximum absolute atomic E-state index is 11.7. The molecular formula is C14H21N3O2. The number of carbonyl (C=O) groups excluding carboxylic acids is 2. The predicted molar refractivity (Wildman–Crippen MR) is 77.4 cm³/mol. The van der Waals surface area contributed by atoms with Crippen LogP contribution >= 0.6 is 0 Å². The second kappa shape index (κ2) is 5.73. The van der Waals surface area contributed by atoms with Crippen LogP contribution in [0.4, 0.5) is 16.2 Å². The highest BCUT2D eigenvalue weighted by Gasteiger charge is 2.13. The smallest absolute Gasteiger partial charge is 0.319 e. The van der Waals surface area contributed by atoms with Crippen LogP contribution in [0.1, 0.15) is 27.7 Å². The van der Waals surface area contributed by atoms with E-state index in [1.807, 2.05) is 20.8 Å². The zero-order valence-electron chi connectivity index (χ0n) is 12.1. The van der Waals surface area contributed by atoms with Crippen LogP contribution in [-0.4, -0.2) is 24.5 Å². The minimum atomic E-state index is -0.279. The molecule has 0 radical (unpaired) electrons. The summed E-state index contributed by atoms with van der Waals surface area (Å²) in [7, 11) is 1.71. The van der Waals surface area contributed by atoms with Gasteiger partial charge >= 0.3 is 6.03 Å². The molecule has 0 atom stereocenters. The van der Waals surface area contributed by atoms with E-state index in [9.17, 15) is 9.59 Å². The molecule has 0 saturated heterocycles. The Balaban J connectivity index is 2.67. The summed E-state index contributed by atoms with van der Waals surface area (Å²) in [5.41, 5.74) is 1.19. The number of nitrogens with one attached hydrogen (secondary N) is 2. The monoisotopic (exact) mass is 263 g/mol. The number of amides is 3. The van der Waals surface area contributed by atoms with Crippen LogP contribution in [0.25, 0.3) is 0 Å². The van der Waals surface area contributed by atoms with Crippen molar-refractivity contribution in [1.29, 1.82) is 0 Å². The molecule has 2 N–H and O–H groups in total. The highest BCUT2D eigenvalue weighted by molar-refractivity contribution is 5.92. The van der Waals surface area contributed by atoms with Gasteiger partial charge in [-0.3, -0.25) is 4.79 Å². The fraction of sp³-hybridized carbons (Fsp3) is 0.429. The van der Waals surface area contributed by atoms with Crippen LogP contribution in [0.5, 0.6) is 0 Å². The van der Waals surface area contributed by atoms with E-state index in [0.717, 1.165) is 5.69 Å². The van der Waals surface area contributed by atoms with Crippen LogP contribution in [-0.2, 0) is 4.79 Å². The molecule has 0 aromatic heterocycles. The van der Waals surface area contributed by atoms with Gasteiger partial charge in [-0.15, -0.1) is 0 Å². The Bertz CT molecular complexity index is 461. The molecule has 5 heteroatoms. The van der Waals surface area contributed by atoms with E-state index in [-0.39, 0.29) is 17.5 Å². The van der Waals surface area contributed by atoms with Crippen molar-refractivity contribution in [1.82, 2.24) is 5.32 Å². The lowest BCUT2D eigenvalue weighted by molar-refractivity contribution is -0.116. The van der Waals surface area contributed by atoms with Crippen molar-refractivity contribution in [2.24, 2.45) is 0 Å². The van der Waals surface area contributed by atoms with Crippen molar-refractivity contribution in [3.63, 3.8) is 0 Å². The Morgan fingerprint density at radius 3 is 2.05 bits per heavy atom. The van der Waals surface area contributed by atoms with E-state index in [4.69, 9.17) is 0 Å². The van der Waals surface area contributed by atoms with Gasteiger partial charge in [0.2, 0.25) is 5.91 Å². The van der Waals surface area contributed by atoms with Crippen molar-refractivity contribution in [3.8, 4) is 0 Å². The van der Waals surface area contributed by atoms with E-state index in [0.29, 0.717) is 5.69 Å². The van der Waals surface area contributed by atoms with Gasteiger partial charge in [-0.05, 0) is 45.0 Å². The molecule has 1 aromatic carbocycles. The highest BCUT2D eigenvalue weighted by atomic mass is 16.2. The third kappa shape index (κ3) is 4.99. The van der Waals surface area contributed by atoms with Gasteiger partial charge in [-0.1, -0.05) is 0 Å². The lowest BCUT2D eigenvalue weighted by Crippen LogP contribution is -2.43. The first-order valence-corrected chi connectivity index (χ1v) is 6.12. The summed E-state index contributed by atoms with van der Waals surface area (Å²) < 4.78 is 0. The van der Waals surface area contributed by atoms with E-state index in [2.05, 4.69) is 10.6 Å². The lowest BCUT2D eigenvalue weighted by atomic mass is 10.1. The fourth-order valence-electron chi connectivity index (χ4n) is 1.45. The lowest BCUT2D eigenvalue weighted by Gasteiger charge is -2.21. The largest absolute Gasteiger partial charge is 0.333 e. The quantitative estimate of drug-likeness (QED) is 0.861. The van der Waals surface area contributed by atoms with Crippen LogP contribution in [0.3, 0.4) is 0 Å². The second-order valence-electron chi connectivity index (χ2n) is 5.45. The van der Waals surface area contributed by atoms with Gasteiger partial charge in [-0.25, -0.2) is 4.79 Å². The summed E-state index contributed by atoms with van der Waals surface area (Å²) in [5, 5.41) is 5.55. The van der Waals surface area contributed by atoms with Gasteiger partial charge in [-0.2, -0.15) is 0 Å². The van der Waals surface area contributed by atoms with Crippen molar-refractivity contribution >= 4 is 23.3 Å². The molecule has 104 valence electrons. The first-order chi connectivity index (χ1) is 8.69. The minimum Gasteiger partial charge on any atom is -0.333 e. The van der Waals surface area contributed by atoms with Crippen molar-refractivity contribution in [3.05, 3.63) is 24.3 Å². The average Bonchev–Trinajstić information content (AvgIpc) is 2.26. The summed E-state index contributed by atoms with van der Waals surface area (Å²) >= 11 is 0. The molecule has 0 bridgehead atoms. The molecule has 1 aromatic rings. The maximum Gasteiger partial charge on any atom is 0.319 e. The molecule has 5 nitrogen and oxygen atoms in total. The molecule has 0 fully saturated rings. The number of carbonyl (C=O) groups is 2. The SMILES string of the molecule is CC(=O)N(C)c1ccc(NC(=O)NC(C)(C)C)cc1. The molecule has 3 amide bonds. The molecule has 0 aliphatic carbocycles. The Kier molecular flexibility index (Phi) is 4.53. The third-order valence-electron chi connectivity index (χ3n) is 2.47. The Morgan fingerprint density at radius 1 is 1.11 bits per heavy atom. The average molecular weight is 263 g/mol. The van der Waals surface area contributed by atoms with Crippen LogP contribution in [0, 0.1) is 0 Å². The van der Waals surface area contributed by atoms with Crippen molar-refractivity contribution in [2.45, 2.75) is 33.2 Å². The van der Waals surface area contributed by atoms with E-state index in [1.165, 1.54) is 6.92 Å². The number of anilines is 2. The van der Waals surface area contributed by atoms with Gasteiger partial charge in [0.15, 0.2) is 0 Å². The predicted octanol–water partition coefficient (Wildman–Crippen LogP) is 2.59. The summed E-state index contributed by atoms with van der Waals surface area (Å²) in [6, 6.07) is 6.84. The highest BCUT2D eigenvalue weighted by Crippen LogP contribution is 2.17. The van der Waals surface area contributed by atoms with Gasteiger partial charge in [0.05, 0.1) is 0 Å². The Labute approximate surface area is 114 Å². The number of rotatable bonds is 2. The number of benzene rings is 1. The molecule has 0 unspecified atom stereocenters. The molecule has 0 spiro atoms. The second-order valence-corrected chi connectivity index (χ2v) is 5.45. The fourth-order valence-corrected chi connectivity index (χ4v) is 1.45. The summed E-state index contributed by atoms with van der Waals surface area (Å²) in [5.74, 6) is -0.0359. The summed E-state index contributed by atoms with van der Waals surface area (Å²) in [4.78, 5) is 24.4. The molecule has 0 aliphatic heterocycles. The molecule has 1 rings (SSSR count). The van der Waals surface area contributed by atoms with Gasteiger partial charge < -0.3 is 15.5 Å². The van der Waals surface area contributed by atoms with Crippen LogP contribution in [0.2, 0.25) is 0 Å². The van der Waals surface area contributed by atoms with E-state index >= 15 is 0 Å². The van der Waals surface area contributed by atoms with Crippen molar-refractivity contribution in [2.75, 3.05) is 17.3 Å². The molecule has 0 saturated carbocycles. The minimum absolute atomic E-state index is 0.0359. The third-order valence-corrected chi connectivity index (χ3v) is 2.47. The van der Waals surface area contributed by atoms with Crippen LogP contribution < -0.4 is 15.5 Å².